The van der Waals surface area contributed by atoms with Crippen LogP contribution in [0.4, 0.5) is 0 Å². The van der Waals surface area contributed by atoms with Crippen molar-refractivity contribution >= 4 is 10.0 Å². The molecule has 0 heterocycles. The van der Waals surface area contributed by atoms with Gasteiger partial charge in [-0.3, -0.25) is 0 Å². The Kier molecular flexibility index (Phi) is 5.93. The lowest BCUT2D eigenvalue weighted by Crippen LogP contribution is -2.38. The van der Waals surface area contributed by atoms with E-state index in [4.69, 9.17) is 5.11 Å². The molecule has 1 aromatic rings. The number of nitrogens with zero attached hydrogens (tertiary/aromatic N) is 1. The van der Waals surface area contributed by atoms with Gasteiger partial charge in [0.25, 0.3) is 0 Å². The van der Waals surface area contributed by atoms with Crippen LogP contribution in [0.3, 0.4) is 0 Å². The molecule has 1 rings (SSSR count). The van der Waals surface area contributed by atoms with Gasteiger partial charge in [0.05, 0.1) is 12.4 Å². The first kappa shape index (κ1) is 16.1. The first-order valence-electron chi connectivity index (χ1n) is 6.16. The second kappa shape index (κ2) is 7.00. The highest BCUT2D eigenvalue weighted by atomic mass is 32.2. The van der Waals surface area contributed by atoms with Crippen molar-refractivity contribution in [1.82, 2.24) is 9.62 Å². The lowest BCUT2D eigenvalue weighted by atomic mass is 10.2. The maximum atomic E-state index is 11.9. The summed E-state index contributed by atoms with van der Waals surface area (Å²) in [6.07, 6.45) is 0. The summed E-state index contributed by atoms with van der Waals surface area (Å²) in [7, 11) is 0.497. The zero-order valence-corrected chi connectivity index (χ0v) is 12.4. The Morgan fingerprint density at radius 1 is 1.21 bits per heavy atom. The highest BCUT2D eigenvalue weighted by Gasteiger charge is 2.13. The molecule has 0 radical (unpaired) electrons. The van der Waals surface area contributed by atoms with Crippen LogP contribution in [0.2, 0.25) is 0 Å². The molecule has 1 atom stereocenters. The van der Waals surface area contributed by atoms with Crippen molar-refractivity contribution in [3.05, 3.63) is 35.4 Å². The van der Waals surface area contributed by atoms with E-state index >= 15 is 0 Å². The standard InChI is InChI=1S/C13H22N2O3S/c1-11(15(2)3)8-14-19(17,18)10-13-6-4-12(9-16)5-7-13/h4-7,11,14,16H,8-10H2,1-3H3. The van der Waals surface area contributed by atoms with Crippen LogP contribution in [0.1, 0.15) is 18.1 Å². The SMILES string of the molecule is CC(CNS(=O)(=O)Cc1ccc(CO)cc1)N(C)C. The third-order valence-electron chi connectivity index (χ3n) is 3.04. The van der Waals surface area contributed by atoms with Crippen LogP contribution < -0.4 is 4.72 Å². The zero-order chi connectivity index (χ0) is 14.5. The highest BCUT2D eigenvalue weighted by molar-refractivity contribution is 7.88. The number of sulfonamides is 1. The summed E-state index contributed by atoms with van der Waals surface area (Å²) in [5.74, 6) is -0.0428. The molecule has 0 spiro atoms. The first-order valence-corrected chi connectivity index (χ1v) is 7.81. The molecule has 1 unspecified atom stereocenters. The molecule has 0 aliphatic rings. The zero-order valence-electron chi connectivity index (χ0n) is 11.6. The van der Waals surface area contributed by atoms with Crippen molar-refractivity contribution in [3.63, 3.8) is 0 Å². The molecule has 1 aromatic carbocycles. The van der Waals surface area contributed by atoms with Crippen LogP contribution in [-0.4, -0.2) is 45.1 Å². The maximum Gasteiger partial charge on any atom is 0.215 e. The number of hydrogen-bond acceptors (Lipinski definition) is 4. The quantitative estimate of drug-likeness (QED) is 0.768. The van der Waals surface area contributed by atoms with Crippen LogP contribution in [0.25, 0.3) is 0 Å². The number of rotatable bonds is 7. The number of aliphatic hydroxyl groups excluding tert-OH is 1. The fraction of sp³-hybridized carbons (Fsp3) is 0.538. The Balaban J connectivity index is 2.58. The van der Waals surface area contributed by atoms with Gasteiger partial charge in [0.1, 0.15) is 0 Å². The number of likely N-dealkylation sites (N-methyl/N-ethyl adjacent to an activating group) is 1. The minimum atomic E-state index is -3.32. The van der Waals surface area contributed by atoms with Gasteiger partial charge in [0, 0.05) is 12.6 Å². The summed E-state index contributed by atoms with van der Waals surface area (Å²) in [6, 6.07) is 7.05. The van der Waals surface area contributed by atoms with E-state index in [1.165, 1.54) is 0 Å². The van der Waals surface area contributed by atoms with E-state index in [9.17, 15) is 8.42 Å². The Morgan fingerprint density at radius 3 is 2.21 bits per heavy atom. The van der Waals surface area contributed by atoms with E-state index in [1.54, 1.807) is 24.3 Å². The predicted molar refractivity (Wildman–Crippen MR) is 76.1 cm³/mol. The molecule has 0 amide bonds. The molecule has 2 N–H and O–H groups in total. The van der Waals surface area contributed by atoms with E-state index in [0.717, 1.165) is 5.56 Å². The van der Waals surface area contributed by atoms with Gasteiger partial charge < -0.3 is 10.0 Å². The molecule has 108 valence electrons. The van der Waals surface area contributed by atoms with Crippen LogP contribution in [-0.2, 0) is 22.4 Å². The third kappa shape index (κ3) is 5.69. The monoisotopic (exact) mass is 286 g/mol. The van der Waals surface area contributed by atoms with E-state index < -0.39 is 10.0 Å². The number of benzene rings is 1. The Morgan fingerprint density at radius 2 is 1.74 bits per heavy atom. The minimum Gasteiger partial charge on any atom is -0.392 e. The van der Waals surface area contributed by atoms with Gasteiger partial charge in [0.15, 0.2) is 0 Å². The average molecular weight is 286 g/mol. The molecule has 0 saturated carbocycles. The molecule has 0 aliphatic heterocycles. The van der Waals surface area contributed by atoms with E-state index in [-0.39, 0.29) is 18.4 Å². The largest absolute Gasteiger partial charge is 0.392 e. The molecule has 0 aromatic heterocycles. The number of aliphatic hydroxyl groups is 1. The summed E-state index contributed by atoms with van der Waals surface area (Å²) in [5, 5.41) is 8.92. The van der Waals surface area contributed by atoms with Gasteiger partial charge in [-0.15, -0.1) is 0 Å². The second-order valence-corrected chi connectivity index (χ2v) is 6.70. The third-order valence-corrected chi connectivity index (χ3v) is 4.36. The number of nitrogens with one attached hydrogen (secondary N) is 1. The van der Waals surface area contributed by atoms with Gasteiger partial charge in [0.2, 0.25) is 10.0 Å². The van der Waals surface area contributed by atoms with E-state index in [0.29, 0.717) is 12.1 Å². The van der Waals surface area contributed by atoms with Gasteiger partial charge in [-0.25, -0.2) is 13.1 Å². The lowest BCUT2D eigenvalue weighted by Gasteiger charge is -2.20. The molecule has 0 saturated heterocycles. The molecule has 0 bridgehead atoms. The van der Waals surface area contributed by atoms with Crippen molar-refractivity contribution in [2.24, 2.45) is 0 Å². The second-order valence-electron chi connectivity index (χ2n) is 4.89. The van der Waals surface area contributed by atoms with Crippen LogP contribution >= 0.6 is 0 Å². The van der Waals surface area contributed by atoms with Crippen LogP contribution in [0.5, 0.6) is 0 Å². The smallest absolute Gasteiger partial charge is 0.215 e. The molecular formula is C13H22N2O3S. The van der Waals surface area contributed by atoms with E-state index in [2.05, 4.69) is 4.72 Å². The maximum absolute atomic E-state index is 11.9. The average Bonchev–Trinajstić information content (AvgIpc) is 2.36. The van der Waals surface area contributed by atoms with Crippen LogP contribution in [0, 0.1) is 0 Å². The minimum absolute atomic E-state index is 0.0361. The van der Waals surface area contributed by atoms with Crippen molar-refractivity contribution in [3.8, 4) is 0 Å². The first-order chi connectivity index (χ1) is 8.84. The van der Waals surface area contributed by atoms with Gasteiger partial charge in [-0.1, -0.05) is 24.3 Å². The summed E-state index contributed by atoms with van der Waals surface area (Å²) in [4.78, 5) is 1.96. The summed E-state index contributed by atoms with van der Waals surface area (Å²) in [5.41, 5.74) is 1.48. The van der Waals surface area contributed by atoms with Crippen molar-refractivity contribution < 1.29 is 13.5 Å². The van der Waals surface area contributed by atoms with Gasteiger partial charge >= 0.3 is 0 Å². The van der Waals surface area contributed by atoms with Crippen molar-refractivity contribution in [2.45, 2.75) is 25.3 Å². The molecule has 0 aliphatic carbocycles. The van der Waals surface area contributed by atoms with Crippen LogP contribution in [0.15, 0.2) is 24.3 Å². The summed E-state index contributed by atoms with van der Waals surface area (Å²) >= 11 is 0. The van der Waals surface area contributed by atoms with Gasteiger partial charge in [-0.2, -0.15) is 0 Å². The Labute approximate surface area is 115 Å². The van der Waals surface area contributed by atoms with Gasteiger partial charge in [-0.05, 0) is 32.1 Å². The summed E-state index contributed by atoms with van der Waals surface area (Å²) in [6.45, 7) is 2.31. The normalized spacial score (nSPS) is 13.7. The molecule has 19 heavy (non-hydrogen) atoms. The Hall–Kier alpha value is -0.950. The molecule has 5 nitrogen and oxygen atoms in total. The predicted octanol–water partition coefficient (Wildman–Crippen LogP) is 0.548. The fourth-order valence-electron chi connectivity index (χ4n) is 1.44. The van der Waals surface area contributed by atoms with Crippen molar-refractivity contribution in [1.29, 1.82) is 0 Å². The number of hydrogen-bond donors (Lipinski definition) is 2. The fourth-order valence-corrected chi connectivity index (χ4v) is 2.67. The van der Waals surface area contributed by atoms with Crippen molar-refractivity contribution in [2.75, 3.05) is 20.6 Å². The topological polar surface area (TPSA) is 69.6 Å². The van der Waals surface area contributed by atoms with E-state index in [1.807, 2.05) is 25.9 Å². The Bertz CT molecular complexity index is 483. The molecule has 6 heteroatoms. The lowest BCUT2D eigenvalue weighted by molar-refractivity contribution is 0.282. The molecular weight excluding hydrogens is 264 g/mol. The molecule has 0 fully saturated rings. The highest BCUT2D eigenvalue weighted by Crippen LogP contribution is 2.08. The summed E-state index contributed by atoms with van der Waals surface area (Å²) < 4.78 is 26.4.